The second-order valence-electron chi connectivity index (χ2n) is 6.99. The minimum Gasteiger partial charge on any atom is -0.443 e. The fraction of sp³-hybridized carbons (Fsp3) is 0.667. The number of hydrogen-bond donors (Lipinski definition) is 1. The zero-order valence-electron chi connectivity index (χ0n) is 13.5. The minimum atomic E-state index is -0.597. The van der Waals surface area contributed by atoms with E-state index in [1.807, 2.05) is 20.8 Å². The molecule has 126 valence electrons. The first kappa shape index (κ1) is 16.3. The van der Waals surface area contributed by atoms with E-state index in [4.69, 9.17) is 16.3 Å². The van der Waals surface area contributed by atoms with E-state index in [1.54, 1.807) is 6.07 Å². The standard InChI is InChI=1S/C15H21ClN4O3/c1-15(2,3)23-14(22)20-8-9-6-10(21)4-5-19(9)11-7-12(16)17-18-13(11)20/h7,9-10,21H,4-6,8H2,1-3H3. The molecule has 7 nitrogen and oxygen atoms in total. The number of ether oxygens (including phenoxy) is 1. The quantitative estimate of drug-likeness (QED) is 0.780. The molecule has 1 aromatic heterocycles. The largest absolute Gasteiger partial charge is 0.443 e. The number of carbonyl (C=O) groups excluding carboxylic acids is 1. The Bertz CT molecular complexity index is 619. The third-order valence-corrected chi connectivity index (χ3v) is 4.17. The first-order valence-corrected chi connectivity index (χ1v) is 8.11. The van der Waals surface area contributed by atoms with Gasteiger partial charge in [0.1, 0.15) is 5.60 Å². The molecule has 0 aliphatic carbocycles. The molecule has 1 N–H and O–H groups in total. The van der Waals surface area contributed by atoms with Crippen LogP contribution >= 0.6 is 11.6 Å². The number of nitrogens with zero attached hydrogens (tertiary/aromatic N) is 4. The Hall–Kier alpha value is -1.60. The lowest BCUT2D eigenvalue weighted by molar-refractivity contribution is 0.0564. The lowest BCUT2D eigenvalue weighted by Gasteiger charge is -2.46. The van der Waals surface area contributed by atoms with E-state index >= 15 is 0 Å². The molecule has 0 saturated carbocycles. The average Bonchev–Trinajstić information content (AvgIpc) is 2.43. The molecular formula is C15H21ClN4O3. The fourth-order valence-electron chi connectivity index (χ4n) is 3.05. The van der Waals surface area contributed by atoms with E-state index in [0.717, 1.165) is 5.69 Å². The molecule has 0 aromatic carbocycles. The topological polar surface area (TPSA) is 78.8 Å². The van der Waals surface area contributed by atoms with Crippen molar-refractivity contribution in [3.05, 3.63) is 11.2 Å². The third-order valence-electron chi connectivity index (χ3n) is 3.99. The highest BCUT2D eigenvalue weighted by Gasteiger charge is 2.40. The zero-order chi connectivity index (χ0) is 16.8. The normalized spacial score (nSPS) is 24.0. The van der Waals surface area contributed by atoms with E-state index < -0.39 is 11.7 Å². The molecule has 3 rings (SSSR count). The van der Waals surface area contributed by atoms with Gasteiger partial charge in [0.2, 0.25) is 0 Å². The monoisotopic (exact) mass is 340 g/mol. The maximum absolute atomic E-state index is 12.5. The molecule has 2 aliphatic rings. The molecule has 1 aromatic rings. The summed E-state index contributed by atoms with van der Waals surface area (Å²) in [5.74, 6) is 0.455. The summed E-state index contributed by atoms with van der Waals surface area (Å²) in [6.07, 6.45) is 0.458. The number of fused-ring (bicyclic) bond motifs is 3. The van der Waals surface area contributed by atoms with Crippen LogP contribution in [0.5, 0.6) is 0 Å². The molecule has 8 heteroatoms. The summed E-state index contributed by atoms with van der Waals surface area (Å²) in [4.78, 5) is 16.2. The molecular weight excluding hydrogens is 320 g/mol. The number of aliphatic hydroxyl groups excluding tert-OH is 1. The van der Waals surface area contributed by atoms with Gasteiger partial charge in [-0.25, -0.2) is 4.79 Å². The summed E-state index contributed by atoms with van der Waals surface area (Å²) in [5, 5.41) is 18.2. The Morgan fingerprint density at radius 1 is 1.43 bits per heavy atom. The summed E-state index contributed by atoms with van der Waals surface area (Å²) in [5.41, 5.74) is 0.166. The van der Waals surface area contributed by atoms with Gasteiger partial charge in [-0.3, -0.25) is 4.90 Å². The van der Waals surface area contributed by atoms with Crippen LogP contribution in [-0.2, 0) is 4.74 Å². The van der Waals surface area contributed by atoms with Gasteiger partial charge >= 0.3 is 6.09 Å². The van der Waals surface area contributed by atoms with Crippen LogP contribution in [0.4, 0.5) is 16.3 Å². The van der Waals surface area contributed by atoms with Crippen molar-refractivity contribution in [2.24, 2.45) is 0 Å². The van der Waals surface area contributed by atoms with Crippen molar-refractivity contribution in [1.82, 2.24) is 10.2 Å². The molecule has 1 amide bonds. The van der Waals surface area contributed by atoms with Crippen LogP contribution < -0.4 is 9.80 Å². The first-order valence-electron chi connectivity index (χ1n) is 7.73. The van der Waals surface area contributed by atoms with Gasteiger partial charge < -0.3 is 14.7 Å². The van der Waals surface area contributed by atoms with E-state index in [2.05, 4.69) is 15.1 Å². The summed E-state index contributed by atoms with van der Waals surface area (Å²) in [7, 11) is 0. The smallest absolute Gasteiger partial charge is 0.416 e. The molecule has 0 bridgehead atoms. The van der Waals surface area contributed by atoms with Crippen molar-refractivity contribution < 1.29 is 14.6 Å². The molecule has 2 aliphatic heterocycles. The van der Waals surface area contributed by atoms with Crippen molar-refractivity contribution >= 4 is 29.2 Å². The number of hydrogen-bond acceptors (Lipinski definition) is 6. The fourth-order valence-corrected chi connectivity index (χ4v) is 3.19. The van der Waals surface area contributed by atoms with Crippen LogP contribution in [0.15, 0.2) is 6.07 Å². The second kappa shape index (κ2) is 5.79. The number of carbonyl (C=O) groups is 1. The van der Waals surface area contributed by atoms with Gasteiger partial charge in [0.25, 0.3) is 0 Å². The number of rotatable bonds is 0. The maximum atomic E-state index is 12.5. The number of piperidine rings is 1. The van der Waals surface area contributed by atoms with Gasteiger partial charge in [-0.1, -0.05) is 11.6 Å². The minimum absolute atomic E-state index is 0.0130. The predicted octanol–water partition coefficient (Wildman–Crippen LogP) is 2.21. The molecule has 2 atom stereocenters. The number of anilines is 2. The molecule has 1 fully saturated rings. The van der Waals surface area contributed by atoms with Gasteiger partial charge in [0, 0.05) is 18.7 Å². The highest BCUT2D eigenvalue weighted by Crippen LogP contribution is 2.38. The van der Waals surface area contributed by atoms with Crippen LogP contribution in [0, 0.1) is 0 Å². The lowest BCUT2D eigenvalue weighted by Crippen LogP contribution is -2.56. The summed E-state index contributed by atoms with van der Waals surface area (Å²) >= 11 is 5.99. The second-order valence-corrected chi connectivity index (χ2v) is 7.38. The number of aliphatic hydroxyl groups is 1. The van der Waals surface area contributed by atoms with Gasteiger partial charge in [-0.15, -0.1) is 10.2 Å². The Labute approximate surface area is 140 Å². The van der Waals surface area contributed by atoms with Gasteiger partial charge in [-0.2, -0.15) is 0 Å². The SMILES string of the molecule is CC(C)(C)OC(=O)N1CC2CC(O)CCN2c2cc(Cl)nnc21. The van der Waals surface area contributed by atoms with Gasteiger partial charge in [-0.05, 0) is 33.6 Å². The van der Waals surface area contributed by atoms with Crippen molar-refractivity contribution in [3.63, 3.8) is 0 Å². The van der Waals surface area contributed by atoms with Crippen LogP contribution in [0.2, 0.25) is 5.15 Å². The van der Waals surface area contributed by atoms with Crippen LogP contribution in [-0.4, -0.2) is 52.2 Å². The van der Waals surface area contributed by atoms with E-state index in [-0.39, 0.29) is 17.3 Å². The van der Waals surface area contributed by atoms with Gasteiger partial charge in [0.05, 0.1) is 18.3 Å². The van der Waals surface area contributed by atoms with E-state index in [1.165, 1.54) is 4.90 Å². The average molecular weight is 341 g/mol. The van der Waals surface area contributed by atoms with Crippen LogP contribution in [0.25, 0.3) is 0 Å². The first-order chi connectivity index (χ1) is 10.7. The summed E-state index contributed by atoms with van der Waals surface area (Å²) in [6, 6.07) is 1.73. The Kier molecular flexibility index (Phi) is 4.10. The molecule has 1 saturated heterocycles. The van der Waals surface area contributed by atoms with Crippen molar-refractivity contribution in [3.8, 4) is 0 Å². The number of halogens is 1. The molecule has 3 heterocycles. The zero-order valence-corrected chi connectivity index (χ0v) is 14.2. The van der Waals surface area contributed by atoms with Crippen LogP contribution in [0.1, 0.15) is 33.6 Å². The third kappa shape index (κ3) is 3.35. The summed E-state index contributed by atoms with van der Waals surface area (Å²) < 4.78 is 5.48. The van der Waals surface area contributed by atoms with Crippen molar-refractivity contribution in [2.75, 3.05) is 22.9 Å². The summed E-state index contributed by atoms with van der Waals surface area (Å²) in [6.45, 7) is 6.57. The van der Waals surface area contributed by atoms with Crippen molar-refractivity contribution in [2.45, 2.75) is 51.4 Å². The van der Waals surface area contributed by atoms with Gasteiger partial charge in [0.15, 0.2) is 11.0 Å². The lowest BCUT2D eigenvalue weighted by atomic mass is 9.96. The van der Waals surface area contributed by atoms with Crippen molar-refractivity contribution in [1.29, 1.82) is 0 Å². The van der Waals surface area contributed by atoms with Crippen LogP contribution in [0.3, 0.4) is 0 Å². The molecule has 2 unspecified atom stereocenters. The number of aromatic nitrogens is 2. The van der Waals surface area contributed by atoms with E-state index in [0.29, 0.717) is 31.7 Å². The highest BCUT2D eigenvalue weighted by atomic mass is 35.5. The molecule has 0 spiro atoms. The van der Waals surface area contributed by atoms with E-state index in [9.17, 15) is 9.90 Å². The maximum Gasteiger partial charge on any atom is 0.416 e. The number of amides is 1. The Balaban J connectivity index is 1.96. The highest BCUT2D eigenvalue weighted by molar-refractivity contribution is 6.29. The predicted molar refractivity (Wildman–Crippen MR) is 87.0 cm³/mol. The Morgan fingerprint density at radius 2 is 2.17 bits per heavy atom. The molecule has 23 heavy (non-hydrogen) atoms. The molecule has 0 radical (unpaired) electrons. The Morgan fingerprint density at radius 3 is 2.87 bits per heavy atom.